The number of hydrogen-bond acceptors (Lipinski definition) is 3. The zero-order valence-corrected chi connectivity index (χ0v) is 14.8. The van der Waals surface area contributed by atoms with Gasteiger partial charge in [-0.2, -0.15) is 0 Å². The van der Waals surface area contributed by atoms with E-state index in [0.29, 0.717) is 17.3 Å². The Labute approximate surface area is 147 Å². The number of benzene rings is 1. The van der Waals surface area contributed by atoms with Crippen LogP contribution < -0.4 is 10.1 Å². The molecular weight excluding hydrogens is 326 g/mol. The molecule has 0 radical (unpaired) electrons. The molecule has 2 unspecified atom stereocenters. The molecule has 5 nitrogen and oxygen atoms in total. The van der Waals surface area contributed by atoms with Crippen molar-refractivity contribution < 1.29 is 9.53 Å². The number of carbonyl (C=O) groups is 1. The quantitative estimate of drug-likeness (QED) is 0.862. The van der Waals surface area contributed by atoms with Crippen LogP contribution in [0.25, 0.3) is 0 Å². The van der Waals surface area contributed by atoms with Crippen molar-refractivity contribution in [2.45, 2.75) is 26.0 Å². The first kappa shape index (κ1) is 18.1. The van der Waals surface area contributed by atoms with Crippen molar-refractivity contribution in [3.8, 4) is 5.75 Å². The third-order valence-corrected chi connectivity index (χ3v) is 4.11. The molecule has 1 aromatic heterocycles. The molecule has 1 N–H and O–H groups in total. The van der Waals surface area contributed by atoms with Gasteiger partial charge in [-0.1, -0.05) is 23.7 Å². The van der Waals surface area contributed by atoms with E-state index < -0.39 is 0 Å². The minimum absolute atomic E-state index is 0.0483. The Morgan fingerprint density at radius 3 is 2.58 bits per heavy atom. The van der Waals surface area contributed by atoms with E-state index in [1.165, 1.54) is 0 Å². The first-order chi connectivity index (χ1) is 11.5. The molecule has 6 heteroatoms. The van der Waals surface area contributed by atoms with Crippen LogP contribution in [0.5, 0.6) is 5.75 Å². The molecule has 0 bridgehead atoms. The molecule has 128 valence electrons. The van der Waals surface area contributed by atoms with Crippen LogP contribution in [0.2, 0.25) is 5.02 Å². The zero-order chi connectivity index (χ0) is 17.5. The van der Waals surface area contributed by atoms with Gasteiger partial charge in [0.15, 0.2) is 0 Å². The number of nitrogens with zero attached hydrogens (tertiary/aromatic N) is 2. The van der Waals surface area contributed by atoms with Crippen LogP contribution in [0.4, 0.5) is 4.79 Å². The largest absolute Gasteiger partial charge is 0.487 e. The number of rotatable bonds is 6. The van der Waals surface area contributed by atoms with Gasteiger partial charge in [0.2, 0.25) is 0 Å². The highest BCUT2D eigenvalue weighted by atomic mass is 35.5. The fourth-order valence-electron chi connectivity index (χ4n) is 2.20. The molecule has 1 heterocycles. The maximum atomic E-state index is 12.3. The van der Waals surface area contributed by atoms with Gasteiger partial charge in [-0.05, 0) is 43.7 Å². The molecule has 2 rings (SSSR count). The Balaban J connectivity index is 1.85. The summed E-state index contributed by atoms with van der Waals surface area (Å²) >= 11 is 6.07. The number of pyridine rings is 1. The molecule has 0 saturated heterocycles. The summed E-state index contributed by atoms with van der Waals surface area (Å²) in [5, 5.41) is 3.43. The van der Waals surface area contributed by atoms with Crippen molar-refractivity contribution in [3.63, 3.8) is 0 Å². The lowest BCUT2D eigenvalue weighted by atomic mass is 10.1. The second-order valence-corrected chi connectivity index (χ2v) is 6.02. The Kier molecular flexibility index (Phi) is 6.44. The fraction of sp³-hybridized carbons (Fsp3) is 0.333. The number of para-hydroxylation sites is 1. The van der Waals surface area contributed by atoms with E-state index >= 15 is 0 Å². The van der Waals surface area contributed by atoms with Crippen molar-refractivity contribution in [1.82, 2.24) is 15.2 Å². The minimum Gasteiger partial charge on any atom is -0.487 e. The molecule has 0 fully saturated rings. The molecule has 0 aliphatic rings. The molecule has 2 amide bonds. The predicted molar refractivity (Wildman–Crippen MR) is 95.4 cm³/mol. The maximum absolute atomic E-state index is 12.3. The number of ether oxygens (including phenoxy) is 1. The summed E-state index contributed by atoms with van der Waals surface area (Å²) in [6, 6.07) is 10.9. The van der Waals surface area contributed by atoms with Gasteiger partial charge >= 0.3 is 6.03 Å². The standard InChI is InChI=1S/C18H22ClN3O2/c1-13(24-17-7-5-4-6-16(17)19)12-21-18(23)22(3)14(2)15-8-10-20-11-9-15/h4-11,13-14H,12H2,1-3H3,(H,21,23). The van der Waals surface area contributed by atoms with E-state index in [1.54, 1.807) is 36.5 Å². The Morgan fingerprint density at radius 2 is 1.92 bits per heavy atom. The van der Waals surface area contributed by atoms with Crippen LogP contribution >= 0.6 is 11.6 Å². The van der Waals surface area contributed by atoms with Gasteiger partial charge in [-0.15, -0.1) is 0 Å². The average Bonchev–Trinajstić information content (AvgIpc) is 2.61. The van der Waals surface area contributed by atoms with Crippen molar-refractivity contribution in [1.29, 1.82) is 0 Å². The summed E-state index contributed by atoms with van der Waals surface area (Å²) in [7, 11) is 1.76. The number of carbonyl (C=O) groups excluding carboxylic acids is 1. The topological polar surface area (TPSA) is 54.5 Å². The molecule has 0 aliphatic heterocycles. The lowest BCUT2D eigenvalue weighted by Crippen LogP contribution is -2.42. The lowest BCUT2D eigenvalue weighted by molar-refractivity contribution is 0.179. The Morgan fingerprint density at radius 1 is 1.25 bits per heavy atom. The highest BCUT2D eigenvalue weighted by molar-refractivity contribution is 6.32. The number of halogens is 1. The highest BCUT2D eigenvalue weighted by Crippen LogP contribution is 2.24. The van der Waals surface area contributed by atoms with Gasteiger partial charge < -0.3 is 15.0 Å². The second kappa shape index (κ2) is 8.55. The van der Waals surface area contributed by atoms with E-state index in [4.69, 9.17) is 16.3 Å². The summed E-state index contributed by atoms with van der Waals surface area (Å²) in [5.41, 5.74) is 1.03. The highest BCUT2D eigenvalue weighted by Gasteiger charge is 2.18. The first-order valence-corrected chi connectivity index (χ1v) is 8.18. The van der Waals surface area contributed by atoms with E-state index in [2.05, 4.69) is 10.3 Å². The molecule has 0 spiro atoms. The third-order valence-electron chi connectivity index (χ3n) is 3.80. The number of nitrogens with one attached hydrogen (secondary N) is 1. The van der Waals surface area contributed by atoms with Gasteiger partial charge in [-0.3, -0.25) is 4.98 Å². The van der Waals surface area contributed by atoms with Crippen LogP contribution in [0.1, 0.15) is 25.5 Å². The van der Waals surface area contributed by atoms with Gasteiger partial charge in [0, 0.05) is 19.4 Å². The number of amides is 2. The second-order valence-electron chi connectivity index (χ2n) is 5.61. The van der Waals surface area contributed by atoms with E-state index in [-0.39, 0.29) is 18.2 Å². The third kappa shape index (κ3) is 4.86. The van der Waals surface area contributed by atoms with Gasteiger partial charge in [0.1, 0.15) is 11.9 Å². The van der Waals surface area contributed by atoms with E-state index in [0.717, 1.165) is 5.56 Å². The first-order valence-electron chi connectivity index (χ1n) is 7.80. The Hall–Kier alpha value is -2.27. The van der Waals surface area contributed by atoms with Crippen molar-refractivity contribution in [2.24, 2.45) is 0 Å². The number of hydrogen-bond donors (Lipinski definition) is 1. The van der Waals surface area contributed by atoms with Gasteiger partial charge in [0.05, 0.1) is 17.6 Å². The van der Waals surface area contributed by atoms with Crippen molar-refractivity contribution in [2.75, 3.05) is 13.6 Å². The van der Waals surface area contributed by atoms with E-state index in [9.17, 15) is 4.79 Å². The van der Waals surface area contributed by atoms with Crippen molar-refractivity contribution in [3.05, 3.63) is 59.4 Å². The molecular formula is C18H22ClN3O2. The van der Waals surface area contributed by atoms with Crippen LogP contribution in [0, 0.1) is 0 Å². The monoisotopic (exact) mass is 347 g/mol. The summed E-state index contributed by atoms with van der Waals surface area (Å²) in [6.45, 7) is 4.24. The van der Waals surface area contributed by atoms with Crippen LogP contribution in [-0.2, 0) is 0 Å². The van der Waals surface area contributed by atoms with Crippen LogP contribution in [0.3, 0.4) is 0 Å². The number of aromatic nitrogens is 1. The molecule has 24 heavy (non-hydrogen) atoms. The molecule has 2 atom stereocenters. The normalized spacial score (nSPS) is 13.0. The fourth-order valence-corrected chi connectivity index (χ4v) is 2.38. The van der Waals surface area contributed by atoms with Crippen LogP contribution in [0.15, 0.2) is 48.8 Å². The molecule has 2 aromatic rings. The lowest BCUT2D eigenvalue weighted by Gasteiger charge is -2.26. The van der Waals surface area contributed by atoms with Gasteiger partial charge in [0.25, 0.3) is 0 Å². The average molecular weight is 348 g/mol. The summed E-state index contributed by atoms with van der Waals surface area (Å²) in [5.74, 6) is 0.611. The SMILES string of the molecule is CC(CNC(=O)N(C)C(C)c1ccncc1)Oc1ccccc1Cl. The maximum Gasteiger partial charge on any atom is 0.317 e. The summed E-state index contributed by atoms with van der Waals surface area (Å²) in [6.07, 6.45) is 3.24. The molecule has 1 aromatic carbocycles. The summed E-state index contributed by atoms with van der Waals surface area (Å²) in [4.78, 5) is 17.9. The zero-order valence-electron chi connectivity index (χ0n) is 14.1. The minimum atomic E-state index is -0.196. The smallest absolute Gasteiger partial charge is 0.317 e. The summed E-state index contributed by atoms with van der Waals surface area (Å²) < 4.78 is 5.75. The van der Waals surface area contributed by atoms with Gasteiger partial charge in [-0.25, -0.2) is 4.79 Å². The number of urea groups is 1. The molecule has 0 aliphatic carbocycles. The molecule has 0 saturated carbocycles. The van der Waals surface area contributed by atoms with Crippen molar-refractivity contribution >= 4 is 17.6 Å². The Bertz CT molecular complexity index is 666. The van der Waals surface area contributed by atoms with E-state index in [1.807, 2.05) is 38.1 Å². The van der Waals surface area contributed by atoms with Crippen LogP contribution in [-0.4, -0.2) is 35.6 Å². The predicted octanol–water partition coefficient (Wildman–Crippen LogP) is 3.90.